The van der Waals surface area contributed by atoms with Crippen LogP contribution in [0.15, 0.2) is 36.8 Å². The van der Waals surface area contributed by atoms with Crippen molar-refractivity contribution in [1.29, 1.82) is 0 Å². The lowest BCUT2D eigenvalue weighted by atomic mass is 10.0. The minimum absolute atomic E-state index is 0.0548. The first-order valence-electron chi connectivity index (χ1n) is 7.72. The minimum atomic E-state index is -0.919. The lowest BCUT2D eigenvalue weighted by molar-refractivity contribution is 0.102. The smallest absolute Gasteiger partial charge is 0.272 e. The first kappa shape index (κ1) is 19.1. The van der Waals surface area contributed by atoms with E-state index >= 15 is 0 Å². The van der Waals surface area contributed by atoms with Crippen molar-refractivity contribution in [3.63, 3.8) is 0 Å². The van der Waals surface area contributed by atoms with Crippen LogP contribution in [0.3, 0.4) is 0 Å². The van der Waals surface area contributed by atoms with Crippen molar-refractivity contribution in [3.8, 4) is 0 Å². The number of aromatic nitrogens is 3. The van der Waals surface area contributed by atoms with Gasteiger partial charge in [-0.05, 0) is 18.2 Å². The summed E-state index contributed by atoms with van der Waals surface area (Å²) in [6.07, 6.45) is 4.25. The molecule has 0 radical (unpaired) electrons. The second-order valence-corrected chi connectivity index (χ2v) is 6.33. The van der Waals surface area contributed by atoms with E-state index in [0.717, 1.165) is 0 Å². The van der Waals surface area contributed by atoms with Gasteiger partial charge in [-0.1, -0.05) is 23.2 Å². The number of halogens is 3. The van der Waals surface area contributed by atoms with E-state index in [1.165, 1.54) is 35.3 Å². The molecule has 0 aliphatic carbocycles. The molecule has 2 heterocycles. The molecule has 0 saturated carbocycles. The molecule has 140 valence electrons. The van der Waals surface area contributed by atoms with E-state index in [2.05, 4.69) is 15.4 Å². The van der Waals surface area contributed by atoms with E-state index in [0.29, 0.717) is 12.2 Å². The Labute approximate surface area is 162 Å². The molecule has 10 heteroatoms. The highest BCUT2D eigenvalue weighted by Gasteiger charge is 2.22. The zero-order valence-corrected chi connectivity index (χ0v) is 15.2. The third-order valence-electron chi connectivity index (χ3n) is 3.68. The van der Waals surface area contributed by atoms with Gasteiger partial charge in [-0.2, -0.15) is 5.10 Å². The molecule has 0 fully saturated rings. The Balaban J connectivity index is 1.79. The van der Waals surface area contributed by atoms with Gasteiger partial charge in [0.15, 0.2) is 11.6 Å². The van der Waals surface area contributed by atoms with Gasteiger partial charge in [-0.15, -0.1) is 0 Å². The summed E-state index contributed by atoms with van der Waals surface area (Å²) in [5, 5.41) is 15.1. The molecule has 1 amide bonds. The molecule has 27 heavy (non-hydrogen) atoms. The third-order valence-corrected chi connectivity index (χ3v) is 4.29. The molecule has 2 aromatic heterocycles. The number of H-pyrrole nitrogens is 1. The maximum Gasteiger partial charge on any atom is 0.272 e. The Hall–Kier alpha value is -2.68. The van der Waals surface area contributed by atoms with Gasteiger partial charge in [-0.25, -0.2) is 4.39 Å². The van der Waals surface area contributed by atoms with Gasteiger partial charge in [-0.3, -0.25) is 14.3 Å². The number of aromatic amines is 1. The fraction of sp³-hybridized carbons (Fsp3) is 0.118. The van der Waals surface area contributed by atoms with Crippen LogP contribution in [0.1, 0.15) is 26.4 Å². The Morgan fingerprint density at radius 1 is 1.30 bits per heavy atom. The van der Waals surface area contributed by atoms with Crippen molar-refractivity contribution in [3.05, 3.63) is 69.5 Å². The number of hydrogen-bond acceptors (Lipinski definition) is 4. The number of amides is 1. The van der Waals surface area contributed by atoms with Gasteiger partial charge in [0.1, 0.15) is 5.69 Å². The fourth-order valence-electron chi connectivity index (χ4n) is 2.39. The Kier molecular flexibility index (Phi) is 5.59. The fourth-order valence-corrected chi connectivity index (χ4v) is 2.78. The Morgan fingerprint density at radius 2 is 2.04 bits per heavy atom. The van der Waals surface area contributed by atoms with Gasteiger partial charge in [0.05, 0.1) is 40.6 Å². The summed E-state index contributed by atoms with van der Waals surface area (Å²) in [7, 11) is 0. The van der Waals surface area contributed by atoms with Crippen LogP contribution in [-0.4, -0.2) is 38.2 Å². The van der Waals surface area contributed by atoms with Crippen molar-refractivity contribution in [1.82, 2.24) is 14.8 Å². The quantitative estimate of drug-likeness (QED) is 0.429. The van der Waals surface area contributed by atoms with Crippen LogP contribution in [0.25, 0.3) is 0 Å². The Morgan fingerprint density at radius 3 is 2.78 bits per heavy atom. The SMILES string of the molecule is O=C(Nc1cnn(CCO)c1)c1cc(C(=O)c2c(Cl)ccc(Cl)c2F)c[nH]1. The highest BCUT2D eigenvalue weighted by atomic mass is 35.5. The van der Waals surface area contributed by atoms with Crippen molar-refractivity contribution in [2.45, 2.75) is 6.54 Å². The number of carbonyl (C=O) groups is 2. The largest absolute Gasteiger partial charge is 0.394 e. The zero-order valence-electron chi connectivity index (χ0n) is 13.7. The van der Waals surface area contributed by atoms with E-state index in [1.54, 1.807) is 6.20 Å². The van der Waals surface area contributed by atoms with Crippen molar-refractivity contribution >= 4 is 40.6 Å². The van der Waals surface area contributed by atoms with E-state index in [1.807, 2.05) is 0 Å². The molecule has 0 atom stereocenters. The van der Waals surface area contributed by atoms with Crippen LogP contribution in [-0.2, 0) is 6.54 Å². The number of anilines is 1. The number of nitrogens with one attached hydrogen (secondary N) is 2. The predicted molar refractivity (Wildman–Crippen MR) is 97.9 cm³/mol. The summed E-state index contributed by atoms with van der Waals surface area (Å²) < 4.78 is 15.6. The minimum Gasteiger partial charge on any atom is -0.394 e. The normalized spacial score (nSPS) is 10.8. The second kappa shape index (κ2) is 7.91. The third kappa shape index (κ3) is 4.02. The molecule has 0 aliphatic heterocycles. The van der Waals surface area contributed by atoms with E-state index < -0.39 is 17.5 Å². The highest BCUT2D eigenvalue weighted by Crippen LogP contribution is 2.28. The maximum atomic E-state index is 14.2. The number of aliphatic hydroxyl groups excluding tert-OH is 1. The molecule has 3 N–H and O–H groups in total. The molecule has 3 aromatic rings. The average molecular weight is 411 g/mol. The maximum absolute atomic E-state index is 14.2. The number of ketones is 1. The topological polar surface area (TPSA) is 100 Å². The second-order valence-electron chi connectivity index (χ2n) is 5.52. The zero-order chi connectivity index (χ0) is 19.6. The van der Waals surface area contributed by atoms with Crippen LogP contribution >= 0.6 is 23.2 Å². The number of aliphatic hydroxyl groups is 1. The van der Waals surface area contributed by atoms with Crippen LogP contribution in [0.4, 0.5) is 10.1 Å². The molecule has 3 rings (SSSR count). The van der Waals surface area contributed by atoms with Crippen molar-refractivity contribution < 1.29 is 19.1 Å². The summed E-state index contributed by atoms with van der Waals surface area (Å²) in [5.41, 5.74) is 0.200. The number of rotatable bonds is 6. The van der Waals surface area contributed by atoms with E-state index in [-0.39, 0.29) is 33.5 Å². The average Bonchev–Trinajstić information content (AvgIpc) is 3.28. The molecule has 0 unspecified atom stereocenters. The van der Waals surface area contributed by atoms with Gasteiger partial charge in [0, 0.05) is 18.0 Å². The molecule has 0 spiro atoms. The molecule has 1 aromatic carbocycles. The van der Waals surface area contributed by atoms with Crippen LogP contribution in [0, 0.1) is 5.82 Å². The molecular formula is C17H13Cl2FN4O3. The van der Waals surface area contributed by atoms with Gasteiger partial charge >= 0.3 is 0 Å². The first-order valence-corrected chi connectivity index (χ1v) is 8.47. The number of nitrogens with zero attached hydrogens (tertiary/aromatic N) is 2. The lowest BCUT2D eigenvalue weighted by Gasteiger charge is -2.05. The summed E-state index contributed by atoms with van der Waals surface area (Å²) in [6, 6.07) is 3.86. The predicted octanol–water partition coefficient (Wildman–Crippen LogP) is 3.13. The van der Waals surface area contributed by atoms with Crippen LogP contribution in [0.5, 0.6) is 0 Å². The van der Waals surface area contributed by atoms with Crippen LogP contribution < -0.4 is 5.32 Å². The van der Waals surface area contributed by atoms with Gasteiger partial charge in [0.2, 0.25) is 0 Å². The van der Waals surface area contributed by atoms with E-state index in [4.69, 9.17) is 28.3 Å². The number of benzene rings is 1. The molecule has 0 aliphatic rings. The monoisotopic (exact) mass is 410 g/mol. The number of carbonyl (C=O) groups excluding carboxylic acids is 2. The number of hydrogen-bond donors (Lipinski definition) is 3. The van der Waals surface area contributed by atoms with E-state index in [9.17, 15) is 14.0 Å². The summed E-state index contributed by atoms with van der Waals surface area (Å²) >= 11 is 11.6. The summed E-state index contributed by atoms with van der Waals surface area (Å²) in [5.74, 6) is -2.14. The highest BCUT2D eigenvalue weighted by molar-refractivity contribution is 6.37. The molecule has 0 saturated heterocycles. The lowest BCUT2D eigenvalue weighted by Crippen LogP contribution is -2.12. The molecular weight excluding hydrogens is 398 g/mol. The Bertz CT molecular complexity index is 1020. The van der Waals surface area contributed by atoms with Crippen molar-refractivity contribution in [2.24, 2.45) is 0 Å². The summed E-state index contributed by atoms with van der Waals surface area (Å²) in [4.78, 5) is 27.5. The molecule has 7 nitrogen and oxygen atoms in total. The van der Waals surface area contributed by atoms with Gasteiger partial charge in [0.25, 0.3) is 5.91 Å². The standard InChI is InChI=1S/C17H13Cl2FN4O3/c18-11-1-2-12(19)15(20)14(11)16(26)9-5-13(21-6-9)17(27)23-10-7-22-24(8-10)3-4-25/h1-2,5-8,21,25H,3-4H2,(H,23,27). The first-order chi connectivity index (χ1) is 12.9. The van der Waals surface area contributed by atoms with Crippen molar-refractivity contribution in [2.75, 3.05) is 11.9 Å². The molecule has 0 bridgehead atoms. The van der Waals surface area contributed by atoms with Gasteiger partial charge < -0.3 is 15.4 Å². The van der Waals surface area contributed by atoms with Crippen LogP contribution in [0.2, 0.25) is 10.0 Å². The summed E-state index contributed by atoms with van der Waals surface area (Å²) in [6.45, 7) is 0.211.